The number of halogens is 1. The molecule has 16 heavy (non-hydrogen) atoms. The topological polar surface area (TPSA) is 60.2 Å². The molecular formula is C11H14ClNO2S. The van der Waals surface area contributed by atoms with E-state index in [1.807, 2.05) is 0 Å². The lowest BCUT2D eigenvalue weighted by atomic mass is 10.1. The second kappa shape index (κ2) is 3.72. The van der Waals surface area contributed by atoms with Crippen molar-refractivity contribution in [3.8, 4) is 0 Å². The first-order valence-corrected chi connectivity index (χ1v) is 7.34. The minimum Gasteiger partial charge on any atom is -0.325 e. The van der Waals surface area contributed by atoms with Crippen LogP contribution in [0.1, 0.15) is 18.4 Å². The highest BCUT2D eigenvalue weighted by Crippen LogP contribution is 2.37. The van der Waals surface area contributed by atoms with E-state index >= 15 is 0 Å². The largest absolute Gasteiger partial charge is 0.325 e. The van der Waals surface area contributed by atoms with Gasteiger partial charge in [0.2, 0.25) is 0 Å². The molecule has 1 aliphatic carbocycles. The van der Waals surface area contributed by atoms with Crippen LogP contribution in [0.3, 0.4) is 0 Å². The lowest BCUT2D eigenvalue weighted by Crippen LogP contribution is -2.25. The number of nitrogens with two attached hydrogens (primary N) is 1. The smallest absolute Gasteiger partial charge is 0.175 e. The van der Waals surface area contributed by atoms with E-state index in [-0.39, 0.29) is 5.54 Å². The highest BCUT2D eigenvalue weighted by atomic mass is 35.5. The standard InChI is InChI=1S/C11H14ClNO2S/c1-16(14,15)10-3-2-9(12)6-8(10)7-11(13)4-5-11/h2-3,6H,4-5,7,13H2,1H3. The van der Waals surface area contributed by atoms with E-state index in [2.05, 4.69) is 0 Å². The van der Waals surface area contributed by atoms with Crippen molar-refractivity contribution in [1.82, 2.24) is 0 Å². The first-order chi connectivity index (χ1) is 7.30. The number of sulfone groups is 1. The molecule has 1 aliphatic rings. The molecule has 0 bridgehead atoms. The maximum atomic E-state index is 11.6. The third-order valence-corrected chi connectivity index (χ3v) is 4.29. The molecule has 1 fully saturated rings. The number of hydrogen-bond donors (Lipinski definition) is 1. The summed E-state index contributed by atoms with van der Waals surface area (Å²) in [6, 6.07) is 4.85. The third kappa shape index (κ3) is 2.56. The molecule has 0 radical (unpaired) electrons. The number of benzene rings is 1. The fourth-order valence-electron chi connectivity index (χ4n) is 1.76. The zero-order valence-corrected chi connectivity index (χ0v) is 10.6. The molecule has 1 aromatic carbocycles. The van der Waals surface area contributed by atoms with Crippen LogP contribution in [-0.4, -0.2) is 20.2 Å². The summed E-state index contributed by atoms with van der Waals surface area (Å²) in [4.78, 5) is 0.341. The van der Waals surface area contributed by atoms with Gasteiger partial charge in [0.25, 0.3) is 0 Å². The summed E-state index contributed by atoms with van der Waals surface area (Å²) in [5.41, 5.74) is 6.52. The molecule has 0 aliphatic heterocycles. The summed E-state index contributed by atoms with van der Waals surface area (Å²) < 4.78 is 23.2. The molecule has 0 amide bonds. The van der Waals surface area contributed by atoms with Crippen LogP contribution in [-0.2, 0) is 16.3 Å². The van der Waals surface area contributed by atoms with E-state index in [9.17, 15) is 8.42 Å². The molecule has 2 rings (SSSR count). The minimum absolute atomic E-state index is 0.218. The molecule has 2 N–H and O–H groups in total. The Morgan fingerprint density at radius 1 is 1.44 bits per heavy atom. The Balaban J connectivity index is 2.44. The Kier molecular flexibility index (Phi) is 2.77. The van der Waals surface area contributed by atoms with Crippen molar-refractivity contribution in [2.45, 2.75) is 29.7 Å². The second-order valence-corrected chi connectivity index (χ2v) is 6.98. The van der Waals surface area contributed by atoms with Crippen molar-refractivity contribution < 1.29 is 8.42 Å². The minimum atomic E-state index is -3.21. The van der Waals surface area contributed by atoms with Crippen molar-refractivity contribution >= 4 is 21.4 Å². The van der Waals surface area contributed by atoms with E-state index in [4.69, 9.17) is 17.3 Å². The predicted octanol–water partition coefficient (Wildman–Crippen LogP) is 1.78. The van der Waals surface area contributed by atoms with E-state index < -0.39 is 9.84 Å². The van der Waals surface area contributed by atoms with E-state index in [0.717, 1.165) is 18.4 Å². The van der Waals surface area contributed by atoms with E-state index in [0.29, 0.717) is 16.3 Å². The molecule has 0 unspecified atom stereocenters. The first-order valence-electron chi connectivity index (χ1n) is 5.08. The maximum absolute atomic E-state index is 11.6. The van der Waals surface area contributed by atoms with Gasteiger partial charge in [0, 0.05) is 16.8 Å². The molecule has 0 spiro atoms. The van der Waals surface area contributed by atoms with Gasteiger partial charge in [-0.15, -0.1) is 0 Å². The number of hydrogen-bond acceptors (Lipinski definition) is 3. The Morgan fingerprint density at radius 2 is 2.06 bits per heavy atom. The van der Waals surface area contributed by atoms with Gasteiger partial charge in [0.05, 0.1) is 4.90 Å². The molecule has 88 valence electrons. The lowest BCUT2D eigenvalue weighted by molar-refractivity contribution is 0.598. The second-order valence-electron chi connectivity index (χ2n) is 4.56. The van der Waals surface area contributed by atoms with Gasteiger partial charge in [-0.2, -0.15) is 0 Å². The summed E-state index contributed by atoms with van der Waals surface area (Å²) in [6.07, 6.45) is 3.68. The highest BCUT2D eigenvalue weighted by Gasteiger charge is 2.39. The maximum Gasteiger partial charge on any atom is 0.175 e. The molecule has 1 aromatic rings. The van der Waals surface area contributed by atoms with Crippen LogP contribution in [0.15, 0.2) is 23.1 Å². The van der Waals surface area contributed by atoms with Crippen LogP contribution < -0.4 is 5.73 Å². The molecule has 3 nitrogen and oxygen atoms in total. The van der Waals surface area contributed by atoms with Crippen molar-refractivity contribution in [2.24, 2.45) is 5.73 Å². The molecule has 0 atom stereocenters. The van der Waals surface area contributed by atoms with Crippen molar-refractivity contribution in [3.63, 3.8) is 0 Å². The Labute approximate surface area is 101 Å². The summed E-state index contributed by atoms with van der Waals surface area (Å²) in [5, 5.41) is 0.548. The number of rotatable bonds is 3. The molecule has 0 aromatic heterocycles. The molecule has 0 saturated heterocycles. The third-order valence-electron chi connectivity index (χ3n) is 2.86. The zero-order valence-electron chi connectivity index (χ0n) is 9.03. The van der Waals surface area contributed by atoms with E-state index in [1.54, 1.807) is 18.2 Å². The van der Waals surface area contributed by atoms with Gasteiger partial charge in [-0.05, 0) is 43.0 Å². The fraction of sp³-hybridized carbons (Fsp3) is 0.455. The van der Waals surface area contributed by atoms with Crippen LogP contribution in [0.5, 0.6) is 0 Å². The van der Waals surface area contributed by atoms with Gasteiger partial charge < -0.3 is 5.73 Å². The average Bonchev–Trinajstić information content (AvgIpc) is 2.80. The van der Waals surface area contributed by atoms with Gasteiger partial charge >= 0.3 is 0 Å². The molecule has 0 heterocycles. The summed E-state index contributed by atoms with van der Waals surface area (Å²) >= 11 is 5.88. The normalized spacial score (nSPS) is 18.4. The zero-order chi connectivity index (χ0) is 12.0. The van der Waals surface area contributed by atoms with Gasteiger partial charge in [-0.1, -0.05) is 11.6 Å². The molecule has 5 heteroatoms. The first kappa shape index (κ1) is 11.9. The quantitative estimate of drug-likeness (QED) is 0.900. The van der Waals surface area contributed by atoms with Crippen LogP contribution in [0, 0.1) is 0 Å². The molecule has 1 saturated carbocycles. The van der Waals surface area contributed by atoms with Gasteiger partial charge in [0.1, 0.15) is 0 Å². The summed E-state index contributed by atoms with van der Waals surface area (Å²) in [5.74, 6) is 0. The molecular weight excluding hydrogens is 246 g/mol. The SMILES string of the molecule is CS(=O)(=O)c1ccc(Cl)cc1CC1(N)CC1. The summed E-state index contributed by atoms with van der Waals surface area (Å²) in [6.45, 7) is 0. The van der Waals surface area contributed by atoms with Crippen LogP contribution in [0.4, 0.5) is 0 Å². The van der Waals surface area contributed by atoms with Crippen LogP contribution >= 0.6 is 11.6 Å². The van der Waals surface area contributed by atoms with Crippen molar-refractivity contribution in [1.29, 1.82) is 0 Å². The van der Waals surface area contributed by atoms with E-state index in [1.165, 1.54) is 6.26 Å². The van der Waals surface area contributed by atoms with Crippen LogP contribution in [0.2, 0.25) is 5.02 Å². The van der Waals surface area contributed by atoms with Crippen molar-refractivity contribution in [2.75, 3.05) is 6.26 Å². The van der Waals surface area contributed by atoms with Crippen LogP contribution in [0.25, 0.3) is 0 Å². The monoisotopic (exact) mass is 259 g/mol. The van der Waals surface area contributed by atoms with Gasteiger partial charge in [-0.25, -0.2) is 8.42 Å². The Bertz CT molecular complexity index is 521. The fourth-order valence-corrected chi connectivity index (χ4v) is 2.88. The Hall–Kier alpha value is -0.580. The summed E-state index contributed by atoms with van der Waals surface area (Å²) in [7, 11) is -3.21. The van der Waals surface area contributed by atoms with Gasteiger partial charge in [0.15, 0.2) is 9.84 Å². The van der Waals surface area contributed by atoms with Crippen molar-refractivity contribution in [3.05, 3.63) is 28.8 Å². The predicted molar refractivity (Wildman–Crippen MR) is 64.4 cm³/mol. The highest BCUT2D eigenvalue weighted by molar-refractivity contribution is 7.90. The lowest BCUT2D eigenvalue weighted by Gasteiger charge is -2.12. The average molecular weight is 260 g/mol. The Morgan fingerprint density at radius 3 is 2.56 bits per heavy atom. The van der Waals surface area contributed by atoms with Gasteiger partial charge in [-0.3, -0.25) is 0 Å².